The van der Waals surface area contributed by atoms with Crippen molar-refractivity contribution in [2.24, 2.45) is 0 Å². The number of hydrogen-bond acceptors (Lipinski definition) is 1. The molecule has 2 heteroatoms. The average Bonchev–Trinajstić information content (AvgIpc) is 2.75. The summed E-state index contributed by atoms with van der Waals surface area (Å²) in [5.41, 5.74) is 3.97. The lowest BCUT2D eigenvalue weighted by atomic mass is 10.0. The molecule has 0 unspecified atom stereocenters. The minimum Gasteiger partial charge on any atom is -0.308 e. The molecular formula is C25H19OP. The van der Waals surface area contributed by atoms with Crippen LogP contribution >= 0.6 is 7.14 Å². The van der Waals surface area contributed by atoms with Crippen molar-refractivity contribution in [3.63, 3.8) is 0 Å². The molecule has 0 aromatic heterocycles. The van der Waals surface area contributed by atoms with Gasteiger partial charge in [-0.25, -0.2) is 0 Å². The Bertz CT molecular complexity index is 1140. The molecule has 0 amide bonds. The lowest BCUT2D eigenvalue weighted by Gasteiger charge is -2.22. The van der Waals surface area contributed by atoms with E-state index in [1.165, 1.54) is 0 Å². The first kappa shape index (κ1) is 17.3. The third-order valence-corrected chi connectivity index (χ3v) is 7.85. The molecule has 27 heavy (non-hydrogen) atoms. The maximum atomic E-state index is 14.7. The van der Waals surface area contributed by atoms with Gasteiger partial charge in [-0.05, 0) is 10.8 Å². The summed E-state index contributed by atoms with van der Waals surface area (Å²) >= 11 is 0. The molecule has 0 bridgehead atoms. The molecule has 4 rings (SSSR count). The largest absolute Gasteiger partial charge is 0.308 e. The summed E-state index contributed by atoms with van der Waals surface area (Å²) in [6, 6.07) is 33.5. The number of hydrogen-bond donors (Lipinski definition) is 0. The topological polar surface area (TPSA) is 17.1 Å². The molecule has 4 aromatic rings. The van der Waals surface area contributed by atoms with Gasteiger partial charge in [0.25, 0.3) is 0 Å². The van der Waals surface area contributed by atoms with E-state index >= 15 is 0 Å². The van der Waals surface area contributed by atoms with Gasteiger partial charge in [-0.1, -0.05) is 110 Å². The normalized spacial score (nSPS) is 11.1. The fraction of sp³-hybridized carbons (Fsp3) is 0. The molecule has 0 atom stereocenters. The van der Waals surface area contributed by atoms with Gasteiger partial charge < -0.3 is 4.57 Å². The van der Waals surface area contributed by atoms with E-state index in [2.05, 4.69) is 30.5 Å². The smallest absolute Gasteiger partial charge is 0.179 e. The van der Waals surface area contributed by atoms with E-state index in [-0.39, 0.29) is 0 Å². The van der Waals surface area contributed by atoms with Crippen LogP contribution in [0.1, 0.15) is 5.56 Å². The Kier molecular flexibility index (Phi) is 4.65. The Hall–Kier alpha value is -3.11. The van der Waals surface area contributed by atoms with Crippen molar-refractivity contribution in [1.82, 2.24) is 0 Å². The summed E-state index contributed by atoms with van der Waals surface area (Å²) in [5.74, 6) is 0. The summed E-state index contributed by atoms with van der Waals surface area (Å²) in [5, 5.41) is 4.39. The predicted octanol–water partition coefficient (Wildman–Crippen LogP) is 5.98. The van der Waals surface area contributed by atoms with E-state index in [1.54, 1.807) is 0 Å². The predicted molar refractivity (Wildman–Crippen MR) is 116 cm³/mol. The van der Waals surface area contributed by atoms with Gasteiger partial charge in [0.1, 0.15) is 0 Å². The Morgan fingerprint density at radius 2 is 1.19 bits per heavy atom. The first-order valence-electron chi connectivity index (χ1n) is 8.85. The van der Waals surface area contributed by atoms with Crippen molar-refractivity contribution < 1.29 is 4.57 Å². The highest BCUT2D eigenvalue weighted by Crippen LogP contribution is 2.56. The first-order valence-corrected chi connectivity index (χ1v) is 10.6. The van der Waals surface area contributed by atoms with Crippen LogP contribution in [0.4, 0.5) is 0 Å². The molecule has 0 aliphatic rings. The summed E-state index contributed by atoms with van der Waals surface area (Å²) < 4.78 is 14.7. The van der Waals surface area contributed by atoms with Crippen molar-refractivity contribution in [3.05, 3.63) is 121 Å². The van der Waals surface area contributed by atoms with Gasteiger partial charge in [0, 0.05) is 16.2 Å². The lowest BCUT2D eigenvalue weighted by molar-refractivity contribution is 0.593. The number of rotatable bonds is 4. The molecule has 0 aliphatic heterocycles. The molecule has 0 radical (unpaired) electrons. The van der Waals surface area contributed by atoms with E-state index in [0.29, 0.717) is 5.31 Å². The highest BCUT2D eigenvalue weighted by Gasteiger charge is 2.33. The molecule has 0 spiro atoms. The van der Waals surface area contributed by atoms with Gasteiger partial charge in [0.15, 0.2) is 7.14 Å². The molecule has 4 aromatic carbocycles. The average molecular weight is 366 g/mol. The van der Waals surface area contributed by atoms with Crippen LogP contribution in [0.3, 0.4) is 0 Å². The molecule has 0 fully saturated rings. The van der Waals surface area contributed by atoms with Crippen LogP contribution in [0, 0.1) is 0 Å². The third kappa shape index (κ3) is 2.98. The SMILES string of the molecule is C=C=C(c1cccc2ccccc12)P(=O)(c1ccccc1)c1ccccc1. The molecule has 0 aliphatic carbocycles. The second kappa shape index (κ2) is 7.25. The first-order chi connectivity index (χ1) is 13.2. The maximum absolute atomic E-state index is 14.7. The molecular weight excluding hydrogens is 347 g/mol. The monoisotopic (exact) mass is 366 g/mol. The summed E-state index contributed by atoms with van der Waals surface area (Å²) in [7, 11) is -3.12. The van der Waals surface area contributed by atoms with Gasteiger partial charge in [0.2, 0.25) is 0 Å². The van der Waals surface area contributed by atoms with Crippen LogP contribution in [0.15, 0.2) is 115 Å². The van der Waals surface area contributed by atoms with Crippen LogP contribution in [0.5, 0.6) is 0 Å². The van der Waals surface area contributed by atoms with Crippen molar-refractivity contribution >= 4 is 33.8 Å². The molecule has 0 saturated carbocycles. The van der Waals surface area contributed by atoms with Gasteiger partial charge in [-0.2, -0.15) is 0 Å². The van der Waals surface area contributed by atoms with Crippen molar-refractivity contribution in [2.45, 2.75) is 0 Å². The van der Waals surface area contributed by atoms with Gasteiger partial charge in [0.05, 0.1) is 5.31 Å². The van der Waals surface area contributed by atoms with Crippen LogP contribution < -0.4 is 10.6 Å². The Balaban J connectivity index is 2.05. The fourth-order valence-electron chi connectivity index (χ4n) is 3.49. The maximum Gasteiger partial charge on any atom is 0.179 e. The van der Waals surface area contributed by atoms with Crippen molar-refractivity contribution in [3.8, 4) is 0 Å². The standard InChI is InChI=1S/C25H19OP/c1-2-25(24-19-11-13-20-12-9-10-18-23(20)24)27(26,21-14-5-3-6-15-21)22-16-7-4-8-17-22/h3-19H,1H2. The Labute approximate surface area is 159 Å². The molecule has 1 nitrogen and oxygen atoms in total. The summed E-state index contributed by atoms with van der Waals surface area (Å²) in [6.07, 6.45) is 0. The fourth-order valence-corrected chi connectivity index (χ4v) is 6.25. The highest BCUT2D eigenvalue weighted by molar-refractivity contribution is 7.87. The lowest BCUT2D eigenvalue weighted by Crippen LogP contribution is -2.16. The van der Waals surface area contributed by atoms with Crippen molar-refractivity contribution in [1.29, 1.82) is 0 Å². The van der Waals surface area contributed by atoms with E-state index in [9.17, 15) is 4.57 Å². The van der Waals surface area contributed by atoms with Crippen LogP contribution in [0.2, 0.25) is 0 Å². The zero-order chi connectivity index (χ0) is 18.7. The second-order valence-corrected chi connectivity index (χ2v) is 9.03. The second-order valence-electron chi connectivity index (χ2n) is 6.33. The summed E-state index contributed by atoms with van der Waals surface area (Å²) in [4.78, 5) is 0. The van der Waals surface area contributed by atoms with E-state index in [0.717, 1.165) is 26.9 Å². The van der Waals surface area contributed by atoms with Gasteiger partial charge >= 0.3 is 0 Å². The minimum atomic E-state index is -3.12. The number of fused-ring (bicyclic) bond motifs is 1. The molecule has 130 valence electrons. The number of benzene rings is 4. The van der Waals surface area contributed by atoms with E-state index in [4.69, 9.17) is 0 Å². The third-order valence-electron chi connectivity index (χ3n) is 4.77. The Morgan fingerprint density at radius 1 is 0.667 bits per heavy atom. The van der Waals surface area contributed by atoms with E-state index in [1.807, 2.05) is 84.9 Å². The Morgan fingerprint density at radius 3 is 1.78 bits per heavy atom. The van der Waals surface area contributed by atoms with Crippen LogP contribution in [-0.4, -0.2) is 0 Å². The zero-order valence-electron chi connectivity index (χ0n) is 14.9. The van der Waals surface area contributed by atoms with Gasteiger partial charge in [-0.3, -0.25) is 0 Å². The van der Waals surface area contributed by atoms with Crippen LogP contribution in [-0.2, 0) is 4.57 Å². The highest BCUT2D eigenvalue weighted by atomic mass is 31.2. The van der Waals surface area contributed by atoms with Gasteiger partial charge in [-0.15, -0.1) is 5.73 Å². The van der Waals surface area contributed by atoms with Crippen molar-refractivity contribution in [2.75, 3.05) is 0 Å². The minimum absolute atomic E-state index is 0.650. The quantitative estimate of drug-likeness (QED) is 0.321. The van der Waals surface area contributed by atoms with E-state index < -0.39 is 7.14 Å². The molecule has 0 heterocycles. The molecule has 0 saturated heterocycles. The zero-order valence-corrected chi connectivity index (χ0v) is 15.8. The van der Waals surface area contributed by atoms with Crippen LogP contribution in [0.25, 0.3) is 16.1 Å². The summed E-state index contributed by atoms with van der Waals surface area (Å²) in [6.45, 7) is 3.93. The molecule has 0 N–H and O–H groups in total.